The van der Waals surface area contributed by atoms with Gasteiger partial charge in [0.2, 0.25) is 0 Å². The van der Waals surface area contributed by atoms with Crippen LogP contribution in [0.4, 0.5) is 4.39 Å². The Morgan fingerprint density at radius 1 is 1.18 bits per heavy atom. The number of halogens is 1. The molecule has 150 valence electrons. The fourth-order valence-electron chi connectivity index (χ4n) is 3.59. The van der Waals surface area contributed by atoms with E-state index < -0.39 is 36.1 Å². The van der Waals surface area contributed by atoms with Crippen LogP contribution in [0.1, 0.15) is 15.9 Å². The fraction of sp³-hybridized carbons (Fsp3) is 0.381. The molecule has 4 unspecified atom stereocenters. The molecule has 28 heavy (non-hydrogen) atoms. The maximum atomic E-state index is 13.3. The molecule has 1 heterocycles. The SMILES string of the molecule is CN(Cc1ccccc1)C1C(CNC(=O)c2cccc(F)c2)OC(CO)C1O. The lowest BCUT2D eigenvalue weighted by Crippen LogP contribution is -2.49. The third-order valence-corrected chi connectivity index (χ3v) is 4.98. The van der Waals surface area contributed by atoms with Gasteiger partial charge in [-0.25, -0.2) is 4.39 Å². The number of likely N-dealkylation sites (N-methyl/N-ethyl adjacent to an activating group) is 1. The molecule has 0 saturated carbocycles. The van der Waals surface area contributed by atoms with Crippen molar-refractivity contribution in [2.45, 2.75) is 30.9 Å². The van der Waals surface area contributed by atoms with Crippen molar-refractivity contribution in [1.29, 1.82) is 0 Å². The minimum Gasteiger partial charge on any atom is -0.394 e. The van der Waals surface area contributed by atoms with Gasteiger partial charge in [-0.05, 0) is 30.8 Å². The van der Waals surface area contributed by atoms with E-state index in [2.05, 4.69) is 5.32 Å². The summed E-state index contributed by atoms with van der Waals surface area (Å²) in [6.07, 6.45) is -2.13. The third kappa shape index (κ3) is 4.74. The zero-order valence-corrected chi connectivity index (χ0v) is 15.7. The van der Waals surface area contributed by atoms with Crippen molar-refractivity contribution >= 4 is 5.91 Å². The van der Waals surface area contributed by atoms with E-state index in [1.165, 1.54) is 18.2 Å². The Labute approximate surface area is 163 Å². The minimum atomic E-state index is -0.894. The van der Waals surface area contributed by atoms with E-state index in [-0.39, 0.29) is 18.7 Å². The van der Waals surface area contributed by atoms with Gasteiger partial charge in [-0.15, -0.1) is 0 Å². The molecule has 0 aliphatic carbocycles. The molecule has 7 heteroatoms. The molecule has 4 atom stereocenters. The van der Waals surface area contributed by atoms with Crippen LogP contribution in [0.3, 0.4) is 0 Å². The largest absolute Gasteiger partial charge is 0.394 e. The van der Waals surface area contributed by atoms with Crippen LogP contribution >= 0.6 is 0 Å². The van der Waals surface area contributed by atoms with Gasteiger partial charge in [-0.2, -0.15) is 0 Å². The molecular formula is C21H25FN2O4. The summed E-state index contributed by atoms with van der Waals surface area (Å²) in [5, 5.41) is 22.8. The average molecular weight is 388 g/mol. The second kappa shape index (κ2) is 9.25. The van der Waals surface area contributed by atoms with Crippen LogP contribution in [0.15, 0.2) is 54.6 Å². The highest BCUT2D eigenvalue weighted by Gasteiger charge is 2.45. The zero-order chi connectivity index (χ0) is 20.1. The molecule has 0 radical (unpaired) electrons. The van der Waals surface area contributed by atoms with Gasteiger partial charge >= 0.3 is 0 Å². The summed E-state index contributed by atoms with van der Waals surface area (Å²) in [6.45, 7) is 0.399. The van der Waals surface area contributed by atoms with E-state index in [9.17, 15) is 19.4 Å². The molecule has 2 aromatic carbocycles. The van der Waals surface area contributed by atoms with Gasteiger partial charge < -0.3 is 20.3 Å². The van der Waals surface area contributed by atoms with Crippen LogP contribution < -0.4 is 5.32 Å². The van der Waals surface area contributed by atoms with Crippen molar-refractivity contribution in [1.82, 2.24) is 10.2 Å². The van der Waals surface area contributed by atoms with Gasteiger partial charge in [-0.1, -0.05) is 36.4 Å². The minimum absolute atomic E-state index is 0.132. The molecule has 1 aliphatic rings. The van der Waals surface area contributed by atoms with Crippen LogP contribution in [0.5, 0.6) is 0 Å². The molecule has 1 fully saturated rings. The Morgan fingerprint density at radius 2 is 1.93 bits per heavy atom. The number of carbonyl (C=O) groups excluding carboxylic acids is 1. The van der Waals surface area contributed by atoms with Crippen molar-refractivity contribution in [2.24, 2.45) is 0 Å². The molecule has 1 amide bonds. The van der Waals surface area contributed by atoms with E-state index >= 15 is 0 Å². The number of nitrogens with one attached hydrogen (secondary N) is 1. The second-order valence-corrected chi connectivity index (χ2v) is 7.00. The Kier molecular flexibility index (Phi) is 6.74. The number of aliphatic hydroxyl groups is 2. The van der Waals surface area contributed by atoms with Gasteiger partial charge in [0.05, 0.1) is 18.8 Å². The molecule has 3 N–H and O–H groups in total. The molecule has 0 spiro atoms. The normalized spacial score (nSPS) is 24.5. The van der Waals surface area contributed by atoms with E-state index in [0.717, 1.165) is 11.6 Å². The molecule has 2 aromatic rings. The Hall–Kier alpha value is -2.32. The quantitative estimate of drug-likeness (QED) is 0.664. The standard InChI is InChI=1S/C21H25FN2O4/c1-24(12-14-6-3-2-4-7-14)19-17(28-18(13-25)20(19)26)11-23-21(27)15-8-5-9-16(22)10-15/h2-10,17-20,25-26H,11-13H2,1H3,(H,23,27). The van der Waals surface area contributed by atoms with Gasteiger partial charge in [0.25, 0.3) is 5.91 Å². The number of ether oxygens (including phenoxy) is 1. The summed E-state index contributed by atoms with van der Waals surface area (Å²) in [4.78, 5) is 14.2. The number of rotatable bonds is 7. The first-order valence-corrected chi connectivity index (χ1v) is 9.22. The lowest BCUT2D eigenvalue weighted by molar-refractivity contribution is -0.0209. The van der Waals surface area contributed by atoms with Gasteiger partial charge in [-0.3, -0.25) is 9.69 Å². The maximum absolute atomic E-state index is 13.3. The second-order valence-electron chi connectivity index (χ2n) is 7.00. The highest BCUT2D eigenvalue weighted by molar-refractivity contribution is 5.94. The topological polar surface area (TPSA) is 82.0 Å². The lowest BCUT2D eigenvalue weighted by Gasteiger charge is -2.30. The number of nitrogens with zero attached hydrogens (tertiary/aromatic N) is 1. The summed E-state index contributed by atoms with van der Waals surface area (Å²) < 4.78 is 19.1. The summed E-state index contributed by atoms with van der Waals surface area (Å²) in [5.41, 5.74) is 1.29. The van der Waals surface area contributed by atoms with Crippen molar-refractivity contribution in [3.8, 4) is 0 Å². The molecule has 1 saturated heterocycles. The fourth-order valence-corrected chi connectivity index (χ4v) is 3.59. The Balaban J connectivity index is 1.67. The molecule has 6 nitrogen and oxygen atoms in total. The van der Waals surface area contributed by atoms with E-state index in [1.807, 2.05) is 42.3 Å². The first-order valence-electron chi connectivity index (χ1n) is 9.22. The molecule has 3 rings (SSSR count). The van der Waals surface area contributed by atoms with Gasteiger partial charge in [0, 0.05) is 18.7 Å². The number of hydrogen-bond acceptors (Lipinski definition) is 5. The Bertz CT molecular complexity index is 789. The highest BCUT2D eigenvalue weighted by atomic mass is 19.1. The van der Waals surface area contributed by atoms with Gasteiger partial charge in [0.1, 0.15) is 18.0 Å². The van der Waals surface area contributed by atoms with Crippen LogP contribution in [0, 0.1) is 5.82 Å². The van der Waals surface area contributed by atoms with Crippen molar-refractivity contribution in [2.75, 3.05) is 20.2 Å². The molecule has 0 aromatic heterocycles. The van der Waals surface area contributed by atoms with E-state index in [1.54, 1.807) is 0 Å². The number of amides is 1. The first-order chi connectivity index (χ1) is 13.5. The predicted octanol–water partition coefficient (Wildman–Crippen LogP) is 1.18. The maximum Gasteiger partial charge on any atom is 0.251 e. The van der Waals surface area contributed by atoms with Crippen LogP contribution in [-0.2, 0) is 11.3 Å². The predicted molar refractivity (Wildman–Crippen MR) is 102 cm³/mol. The number of aliphatic hydroxyl groups excluding tert-OH is 2. The van der Waals surface area contributed by atoms with Crippen molar-refractivity contribution in [3.63, 3.8) is 0 Å². The van der Waals surface area contributed by atoms with Crippen molar-refractivity contribution < 1.29 is 24.1 Å². The van der Waals surface area contributed by atoms with E-state index in [4.69, 9.17) is 4.74 Å². The van der Waals surface area contributed by atoms with Crippen molar-refractivity contribution in [3.05, 3.63) is 71.5 Å². The summed E-state index contributed by atoms with van der Waals surface area (Å²) in [6, 6.07) is 14.8. The third-order valence-electron chi connectivity index (χ3n) is 4.98. The summed E-state index contributed by atoms with van der Waals surface area (Å²) in [7, 11) is 1.87. The summed E-state index contributed by atoms with van der Waals surface area (Å²) in [5.74, 6) is -0.907. The van der Waals surface area contributed by atoms with E-state index in [0.29, 0.717) is 6.54 Å². The van der Waals surface area contributed by atoms with Crippen LogP contribution in [0.2, 0.25) is 0 Å². The summed E-state index contributed by atoms with van der Waals surface area (Å²) >= 11 is 0. The average Bonchev–Trinajstić information content (AvgIpc) is 3.02. The first kappa shape index (κ1) is 20.4. The molecular weight excluding hydrogens is 363 g/mol. The lowest BCUT2D eigenvalue weighted by atomic mass is 10.0. The van der Waals surface area contributed by atoms with Crippen LogP contribution in [0.25, 0.3) is 0 Å². The number of benzene rings is 2. The number of hydrogen-bond donors (Lipinski definition) is 3. The molecule has 0 bridgehead atoms. The van der Waals surface area contributed by atoms with Crippen LogP contribution in [-0.4, -0.2) is 65.6 Å². The Morgan fingerprint density at radius 3 is 2.61 bits per heavy atom. The smallest absolute Gasteiger partial charge is 0.251 e. The molecule has 1 aliphatic heterocycles. The zero-order valence-electron chi connectivity index (χ0n) is 15.7. The highest BCUT2D eigenvalue weighted by Crippen LogP contribution is 2.26. The number of carbonyl (C=O) groups is 1. The van der Waals surface area contributed by atoms with Gasteiger partial charge in [0.15, 0.2) is 0 Å². The monoisotopic (exact) mass is 388 g/mol.